The van der Waals surface area contributed by atoms with Crippen LogP contribution in [-0.2, 0) is 4.79 Å². The predicted octanol–water partition coefficient (Wildman–Crippen LogP) is 4.06. The fraction of sp³-hybridized carbons (Fsp3) is 0.0714. The average molecular weight is 359 g/mol. The van der Waals surface area contributed by atoms with Gasteiger partial charge in [-0.25, -0.2) is 0 Å². The summed E-state index contributed by atoms with van der Waals surface area (Å²) in [6.45, 7) is -0.405. The number of benzene rings is 2. The molecule has 0 fully saturated rings. The molecule has 23 heavy (non-hydrogen) atoms. The van der Waals surface area contributed by atoms with E-state index in [0.29, 0.717) is 10.7 Å². The van der Waals surface area contributed by atoms with Crippen molar-refractivity contribution in [3.63, 3.8) is 0 Å². The minimum atomic E-state index is -1.04. The number of carbonyl (C=O) groups excluding carboxylic acids is 1. The summed E-state index contributed by atoms with van der Waals surface area (Å²) < 4.78 is 18.5. The molecule has 0 aromatic heterocycles. The molecule has 2 aromatic rings. The van der Waals surface area contributed by atoms with Gasteiger partial charge in [0.1, 0.15) is 5.75 Å². The lowest BCUT2D eigenvalue weighted by atomic mass is 10.3. The van der Waals surface area contributed by atoms with Crippen LogP contribution in [-0.4, -0.2) is 17.4 Å². The first-order valence-corrected chi connectivity index (χ1v) is 6.94. The zero-order chi connectivity index (χ0) is 17.0. The number of halogens is 3. The van der Waals surface area contributed by atoms with Gasteiger partial charge in [-0.05, 0) is 24.3 Å². The zero-order valence-corrected chi connectivity index (χ0v) is 12.9. The maximum Gasteiger partial charge on any atom is 0.305 e. The molecule has 0 unspecified atom stereocenters. The number of nitrogens with one attached hydrogen (secondary N) is 1. The second-order valence-electron chi connectivity index (χ2n) is 4.34. The van der Waals surface area contributed by atoms with Gasteiger partial charge in [0.15, 0.2) is 6.61 Å². The SMILES string of the molecule is O=C(COc1ccc([N+](=O)[O-])c(F)c1)Nc1ccc(Cl)c(Cl)c1. The van der Waals surface area contributed by atoms with Crippen LogP contribution in [0.15, 0.2) is 36.4 Å². The van der Waals surface area contributed by atoms with Crippen LogP contribution in [0.5, 0.6) is 5.75 Å². The second kappa shape index (κ2) is 7.26. The first-order chi connectivity index (χ1) is 10.9. The summed E-state index contributed by atoms with van der Waals surface area (Å²) in [5, 5.41) is 13.6. The maximum atomic E-state index is 13.4. The molecule has 0 radical (unpaired) electrons. The Hall–Kier alpha value is -2.38. The second-order valence-corrected chi connectivity index (χ2v) is 5.15. The lowest BCUT2D eigenvalue weighted by Crippen LogP contribution is -2.20. The highest BCUT2D eigenvalue weighted by Gasteiger charge is 2.14. The molecule has 0 spiro atoms. The molecule has 0 aliphatic carbocycles. The summed E-state index contributed by atoms with van der Waals surface area (Å²) in [6.07, 6.45) is 0. The van der Waals surface area contributed by atoms with Crippen molar-refractivity contribution in [2.75, 3.05) is 11.9 Å². The van der Waals surface area contributed by atoms with Crippen LogP contribution in [0.2, 0.25) is 10.0 Å². The van der Waals surface area contributed by atoms with Gasteiger partial charge in [-0.15, -0.1) is 0 Å². The van der Waals surface area contributed by atoms with Crippen LogP contribution in [0.1, 0.15) is 0 Å². The number of nitro benzene ring substituents is 1. The molecule has 120 valence electrons. The van der Waals surface area contributed by atoms with Gasteiger partial charge in [0.05, 0.1) is 15.0 Å². The molecule has 1 amide bonds. The van der Waals surface area contributed by atoms with E-state index in [4.69, 9.17) is 27.9 Å². The molecule has 1 N–H and O–H groups in total. The van der Waals surface area contributed by atoms with Crippen LogP contribution in [0.4, 0.5) is 15.8 Å². The fourth-order valence-electron chi connectivity index (χ4n) is 1.65. The molecule has 0 saturated carbocycles. The molecule has 2 rings (SSSR count). The lowest BCUT2D eigenvalue weighted by Gasteiger charge is -2.08. The van der Waals surface area contributed by atoms with Crippen LogP contribution >= 0.6 is 23.2 Å². The van der Waals surface area contributed by atoms with Crippen molar-refractivity contribution >= 4 is 40.5 Å². The predicted molar refractivity (Wildman–Crippen MR) is 83.6 cm³/mol. The minimum Gasteiger partial charge on any atom is -0.484 e. The quantitative estimate of drug-likeness (QED) is 0.645. The van der Waals surface area contributed by atoms with E-state index in [1.807, 2.05) is 0 Å². The van der Waals surface area contributed by atoms with Gasteiger partial charge in [-0.1, -0.05) is 23.2 Å². The summed E-state index contributed by atoms with van der Waals surface area (Å²) in [7, 11) is 0. The van der Waals surface area contributed by atoms with E-state index in [1.165, 1.54) is 18.2 Å². The molecule has 0 aliphatic rings. The van der Waals surface area contributed by atoms with Crippen molar-refractivity contribution in [3.8, 4) is 5.75 Å². The highest BCUT2D eigenvalue weighted by molar-refractivity contribution is 6.42. The van der Waals surface area contributed by atoms with E-state index in [9.17, 15) is 19.3 Å². The Morgan fingerprint density at radius 1 is 1.22 bits per heavy atom. The number of nitrogens with zero attached hydrogens (tertiary/aromatic N) is 1. The smallest absolute Gasteiger partial charge is 0.305 e. The first-order valence-electron chi connectivity index (χ1n) is 6.18. The van der Waals surface area contributed by atoms with E-state index in [2.05, 4.69) is 5.32 Å². The molecular weight excluding hydrogens is 350 g/mol. The molecule has 0 saturated heterocycles. The van der Waals surface area contributed by atoms with Crippen LogP contribution in [0.25, 0.3) is 0 Å². The Labute approximate surface area is 139 Å². The molecule has 0 bridgehead atoms. The van der Waals surface area contributed by atoms with E-state index in [1.54, 1.807) is 6.07 Å². The highest BCUT2D eigenvalue weighted by atomic mass is 35.5. The van der Waals surface area contributed by atoms with E-state index in [0.717, 1.165) is 12.1 Å². The van der Waals surface area contributed by atoms with Gasteiger partial charge < -0.3 is 10.1 Å². The van der Waals surface area contributed by atoms with E-state index in [-0.39, 0.29) is 10.8 Å². The molecule has 0 aliphatic heterocycles. The normalized spacial score (nSPS) is 10.2. The first kappa shape index (κ1) is 17.0. The Morgan fingerprint density at radius 3 is 2.57 bits per heavy atom. The summed E-state index contributed by atoms with van der Waals surface area (Å²) in [5.74, 6) is -1.56. The molecule has 0 atom stereocenters. The third-order valence-corrected chi connectivity index (χ3v) is 3.43. The van der Waals surface area contributed by atoms with Crippen LogP contribution < -0.4 is 10.1 Å². The van der Waals surface area contributed by atoms with Crippen LogP contribution in [0, 0.1) is 15.9 Å². The molecular formula is C14H9Cl2FN2O4. The standard InChI is InChI=1S/C14H9Cl2FN2O4/c15-10-3-1-8(5-11(10)16)18-14(20)7-23-9-2-4-13(19(21)22)12(17)6-9/h1-6H,7H2,(H,18,20). The van der Waals surface area contributed by atoms with Crippen LogP contribution in [0.3, 0.4) is 0 Å². The number of rotatable bonds is 5. The number of carbonyl (C=O) groups is 1. The fourth-order valence-corrected chi connectivity index (χ4v) is 1.94. The lowest BCUT2D eigenvalue weighted by molar-refractivity contribution is -0.387. The Bertz CT molecular complexity index is 770. The Morgan fingerprint density at radius 2 is 1.96 bits per heavy atom. The Balaban J connectivity index is 1.95. The highest BCUT2D eigenvalue weighted by Crippen LogP contribution is 2.25. The van der Waals surface area contributed by atoms with Crippen molar-refractivity contribution in [2.45, 2.75) is 0 Å². The van der Waals surface area contributed by atoms with Gasteiger partial charge in [-0.3, -0.25) is 14.9 Å². The molecule has 0 heterocycles. The van der Waals surface area contributed by atoms with Crippen molar-refractivity contribution in [3.05, 3.63) is 62.4 Å². The average Bonchev–Trinajstić information content (AvgIpc) is 2.48. The molecule has 9 heteroatoms. The largest absolute Gasteiger partial charge is 0.484 e. The van der Waals surface area contributed by atoms with Crippen molar-refractivity contribution in [1.29, 1.82) is 0 Å². The number of nitro groups is 1. The third-order valence-electron chi connectivity index (χ3n) is 2.69. The maximum absolute atomic E-state index is 13.4. The third kappa shape index (κ3) is 4.54. The van der Waals surface area contributed by atoms with E-state index < -0.39 is 28.9 Å². The van der Waals surface area contributed by atoms with Gasteiger partial charge in [0, 0.05) is 17.8 Å². The summed E-state index contributed by atoms with van der Waals surface area (Å²) in [4.78, 5) is 21.4. The van der Waals surface area contributed by atoms with Gasteiger partial charge in [0.2, 0.25) is 5.82 Å². The summed E-state index contributed by atoms with van der Waals surface area (Å²) in [6, 6.07) is 7.54. The molecule has 6 nitrogen and oxygen atoms in total. The summed E-state index contributed by atoms with van der Waals surface area (Å²) >= 11 is 11.6. The van der Waals surface area contributed by atoms with Crippen molar-refractivity contribution in [2.24, 2.45) is 0 Å². The molecule has 2 aromatic carbocycles. The zero-order valence-electron chi connectivity index (χ0n) is 11.4. The van der Waals surface area contributed by atoms with Gasteiger partial charge >= 0.3 is 5.69 Å². The minimum absolute atomic E-state index is 0.00242. The number of anilines is 1. The monoisotopic (exact) mass is 358 g/mol. The van der Waals surface area contributed by atoms with Gasteiger partial charge in [-0.2, -0.15) is 4.39 Å². The number of ether oxygens (including phenoxy) is 1. The number of hydrogen-bond donors (Lipinski definition) is 1. The number of hydrogen-bond acceptors (Lipinski definition) is 4. The van der Waals surface area contributed by atoms with E-state index >= 15 is 0 Å². The topological polar surface area (TPSA) is 81.5 Å². The number of amides is 1. The Kier molecular flexibility index (Phi) is 5.36. The van der Waals surface area contributed by atoms with Crippen molar-refractivity contribution < 1.29 is 18.8 Å². The van der Waals surface area contributed by atoms with Crippen molar-refractivity contribution in [1.82, 2.24) is 0 Å². The van der Waals surface area contributed by atoms with Gasteiger partial charge in [0.25, 0.3) is 5.91 Å². The summed E-state index contributed by atoms with van der Waals surface area (Å²) in [5.41, 5.74) is -0.250.